The molecule has 0 saturated carbocycles. The van der Waals surface area contributed by atoms with Crippen molar-refractivity contribution in [1.29, 1.82) is 0 Å². The van der Waals surface area contributed by atoms with Crippen LogP contribution in [-0.4, -0.2) is 82.1 Å². The van der Waals surface area contributed by atoms with Crippen LogP contribution in [0, 0.1) is 0 Å². The molecule has 2 aliphatic rings. The van der Waals surface area contributed by atoms with Gasteiger partial charge in [-0.3, -0.25) is 0 Å². The first-order chi connectivity index (χ1) is 11.0. The molecule has 128 valence electrons. The lowest BCUT2D eigenvalue weighted by Gasteiger charge is -2.31. The molecule has 0 unspecified atom stereocenters. The Balaban J connectivity index is 1.71. The molecule has 3 rings (SSSR count). The zero-order chi connectivity index (χ0) is 16.4. The van der Waals surface area contributed by atoms with Gasteiger partial charge >= 0.3 is 0 Å². The van der Waals surface area contributed by atoms with Crippen LogP contribution in [0.25, 0.3) is 0 Å². The Kier molecular flexibility index (Phi) is 4.86. The van der Waals surface area contributed by atoms with E-state index in [9.17, 15) is 8.42 Å². The van der Waals surface area contributed by atoms with Crippen LogP contribution in [0.3, 0.4) is 0 Å². The third-order valence-electron chi connectivity index (χ3n) is 4.62. The van der Waals surface area contributed by atoms with Gasteiger partial charge in [0.25, 0.3) is 0 Å². The average molecular weight is 340 g/mol. The van der Waals surface area contributed by atoms with Crippen LogP contribution in [0.1, 0.15) is 6.42 Å². The Bertz CT molecular complexity index is 627. The fourth-order valence-corrected chi connectivity index (χ4v) is 4.39. The molecule has 0 N–H and O–H groups in total. The Hall–Kier alpha value is -1.22. The number of rotatable bonds is 4. The van der Waals surface area contributed by atoms with Gasteiger partial charge in [-0.2, -0.15) is 4.31 Å². The van der Waals surface area contributed by atoms with Crippen molar-refractivity contribution in [3.63, 3.8) is 0 Å². The first-order valence-electron chi connectivity index (χ1n) is 7.93. The molecule has 0 radical (unpaired) electrons. The highest BCUT2D eigenvalue weighted by atomic mass is 32.2. The summed E-state index contributed by atoms with van der Waals surface area (Å²) < 4.78 is 32.2. The highest BCUT2D eigenvalue weighted by Crippen LogP contribution is 2.22. The maximum absolute atomic E-state index is 12.7. The molecule has 0 spiro atoms. The van der Waals surface area contributed by atoms with E-state index in [0.29, 0.717) is 13.1 Å². The number of ether oxygens (including phenoxy) is 1. The second-order valence-corrected chi connectivity index (χ2v) is 8.09. The molecule has 23 heavy (non-hydrogen) atoms. The maximum atomic E-state index is 12.7. The van der Waals surface area contributed by atoms with Gasteiger partial charge in [-0.1, -0.05) is 0 Å². The first kappa shape index (κ1) is 16.6. The van der Waals surface area contributed by atoms with Gasteiger partial charge in [-0.15, -0.1) is 0 Å². The predicted octanol–water partition coefficient (Wildman–Crippen LogP) is 0.243. The van der Waals surface area contributed by atoms with Crippen LogP contribution in [-0.2, 0) is 14.8 Å². The SMILES string of the molecule is CO[C@@H]1CCN(c2ccc(S(=O)(=O)N3CCN(C)CC3)cn2)C1. The van der Waals surface area contributed by atoms with E-state index in [1.165, 1.54) is 6.20 Å². The van der Waals surface area contributed by atoms with Crippen LogP contribution in [0.5, 0.6) is 0 Å². The molecule has 2 aliphatic heterocycles. The number of methoxy groups -OCH3 is 1. The predicted molar refractivity (Wildman–Crippen MR) is 88.1 cm³/mol. The number of likely N-dealkylation sites (N-methyl/N-ethyl adjacent to an activating group) is 1. The molecule has 0 aromatic carbocycles. The van der Waals surface area contributed by atoms with Crippen molar-refractivity contribution in [1.82, 2.24) is 14.2 Å². The van der Waals surface area contributed by atoms with Gasteiger partial charge in [0, 0.05) is 52.6 Å². The number of anilines is 1. The molecule has 8 heteroatoms. The Morgan fingerprint density at radius 3 is 2.48 bits per heavy atom. The molecule has 2 saturated heterocycles. The molecule has 0 aliphatic carbocycles. The summed E-state index contributed by atoms with van der Waals surface area (Å²) in [6.45, 7) is 4.27. The minimum Gasteiger partial charge on any atom is -0.380 e. The fourth-order valence-electron chi connectivity index (χ4n) is 3.02. The molecule has 1 aromatic heterocycles. The van der Waals surface area contributed by atoms with Gasteiger partial charge < -0.3 is 14.5 Å². The Morgan fingerprint density at radius 2 is 1.91 bits per heavy atom. The van der Waals surface area contributed by atoms with Crippen LogP contribution < -0.4 is 4.90 Å². The summed E-state index contributed by atoms with van der Waals surface area (Å²) in [4.78, 5) is 8.89. The number of sulfonamides is 1. The molecule has 1 atom stereocenters. The van der Waals surface area contributed by atoms with E-state index >= 15 is 0 Å². The standard InChI is InChI=1S/C15H24N4O3S/c1-17-7-9-19(10-8-17)23(20,21)14-3-4-15(16-11-14)18-6-5-13(12-18)22-2/h3-4,11,13H,5-10,12H2,1-2H3/t13-/m1/s1. The average Bonchev–Trinajstić information content (AvgIpc) is 3.04. The largest absolute Gasteiger partial charge is 0.380 e. The van der Waals surface area contributed by atoms with Gasteiger partial charge in [0.05, 0.1) is 6.10 Å². The molecular formula is C15H24N4O3S. The van der Waals surface area contributed by atoms with Crippen LogP contribution in [0.15, 0.2) is 23.2 Å². The summed E-state index contributed by atoms with van der Waals surface area (Å²) in [5.74, 6) is 0.807. The van der Waals surface area contributed by atoms with Gasteiger partial charge in [-0.05, 0) is 25.6 Å². The van der Waals surface area contributed by atoms with Crippen LogP contribution >= 0.6 is 0 Å². The second-order valence-electron chi connectivity index (χ2n) is 6.15. The van der Waals surface area contributed by atoms with Crippen molar-refractivity contribution in [3.05, 3.63) is 18.3 Å². The lowest BCUT2D eigenvalue weighted by atomic mass is 10.3. The Labute approximate surface area is 137 Å². The number of hydrogen-bond donors (Lipinski definition) is 0. The van der Waals surface area contributed by atoms with E-state index in [0.717, 1.165) is 38.4 Å². The number of nitrogens with zero attached hydrogens (tertiary/aromatic N) is 4. The molecular weight excluding hydrogens is 316 g/mol. The summed E-state index contributed by atoms with van der Waals surface area (Å²) in [5.41, 5.74) is 0. The lowest BCUT2D eigenvalue weighted by molar-refractivity contribution is 0.121. The number of piperazine rings is 1. The van der Waals surface area contributed by atoms with Gasteiger partial charge in [0.1, 0.15) is 10.7 Å². The zero-order valence-corrected chi connectivity index (χ0v) is 14.5. The summed E-state index contributed by atoms with van der Waals surface area (Å²) in [5, 5.41) is 0. The van der Waals surface area contributed by atoms with Gasteiger partial charge in [-0.25, -0.2) is 13.4 Å². The normalized spacial score (nSPS) is 24.3. The number of pyridine rings is 1. The second kappa shape index (κ2) is 6.72. The van der Waals surface area contributed by atoms with E-state index in [1.807, 2.05) is 7.05 Å². The number of hydrogen-bond acceptors (Lipinski definition) is 6. The van der Waals surface area contributed by atoms with Crippen LogP contribution in [0.4, 0.5) is 5.82 Å². The molecule has 3 heterocycles. The molecule has 0 bridgehead atoms. The minimum absolute atomic E-state index is 0.227. The monoisotopic (exact) mass is 340 g/mol. The lowest BCUT2D eigenvalue weighted by Crippen LogP contribution is -2.47. The van der Waals surface area contributed by atoms with E-state index in [4.69, 9.17) is 4.74 Å². The first-order valence-corrected chi connectivity index (χ1v) is 9.37. The van der Waals surface area contributed by atoms with E-state index < -0.39 is 10.0 Å². The van der Waals surface area contributed by atoms with Crippen LogP contribution in [0.2, 0.25) is 0 Å². The van der Waals surface area contributed by atoms with E-state index in [-0.39, 0.29) is 11.0 Å². The molecule has 0 amide bonds. The third-order valence-corrected chi connectivity index (χ3v) is 6.51. The highest BCUT2D eigenvalue weighted by Gasteiger charge is 2.28. The van der Waals surface area contributed by atoms with Gasteiger partial charge in [0.15, 0.2) is 0 Å². The summed E-state index contributed by atoms with van der Waals surface area (Å²) in [6.07, 6.45) is 2.67. The number of aromatic nitrogens is 1. The topological polar surface area (TPSA) is 66.0 Å². The summed E-state index contributed by atoms with van der Waals surface area (Å²) >= 11 is 0. The smallest absolute Gasteiger partial charge is 0.244 e. The maximum Gasteiger partial charge on any atom is 0.244 e. The molecule has 2 fully saturated rings. The van der Waals surface area contributed by atoms with Crippen molar-refractivity contribution < 1.29 is 13.2 Å². The van der Waals surface area contributed by atoms with Crippen molar-refractivity contribution in [2.75, 3.05) is 58.3 Å². The van der Waals surface area contributed by atoms with Crippen molar-refractivity contribution in [3.8, 4) is 0 Å². The third kappa shape index (κ3) is 3.50. The highest BCUT2D eigenvalue weighted by molar-refractivity contribution is 7.89. The Morgan fingerprint density at radius 1 is 1.17 bits per heavy atom. The van der Waals surface area contributed by atoms with E-state index in [1.54, 1.807) is 23.5 Å². The summed E-state index contributed by atoms with van der Waals surface area (Å²) in [6, 6.07) is 3.46. The van der Waals surface area contributed by atoms with Crippen molar-refractivity contribution >= 4 is 15.8 Å². The molecule has 1 aromatic rings. The summed E-state index contributed by atoms with van der Waals surface area (Å²) in [7, 11) is 0.279. The van der Waals surface area contributed by atoms with E-state index in [2.05, 4.69) is 14.8 Å². The zero-order valence-electron chi connectivity index (χ0n) is 13.7. The van der Waals surface area contributed by atoms with Gasteiger partial charge in [0.2, 0.25) is 10.0 Å². The molecule has 7 nitrogen and oxygen atoms in total. The van der Waals surface area contributed by atoms with Crippen molar-refractivity contribution in [2.45, 2.75) is 17.4 Å². The fraction of sp³-hybridized carbons (Fsp3) is 0.667. The minimum atomic E-state index is -3.44. The quantitative estimate of drug-likeness (QED) is 0.782. The van der Waals surface area contributed by atoms with Crippen molar-refractivity contribution in [2.24, 2.45) is 0 Å².